The van der Waals surface area contributed by atoms with Crippen molar-refractivity contribution in [1.29, 1.82) is 0 Å². The number of aryl methyl sites for hydroxylation is 1. The van der Waals surface area contributed by atoms with E-state index in [0.717, 1.165) is 22.8 Å². The van der Waals surface area contributed by atoms with Crippen molar-refractivity contribution in [3.8, 4) is 5.75 Å². The summed E-state index contributed by atoms with van der Waals surface area (Å²) in [6.45, 7) is 4.72. The minimum Gasteiger partial charge on any atom is -0.497 e. The van der Waals surface area contributed by atoms with E-state index in [1.807, 2.05) is 49.7 Å². The number of anilines is 1. The summed E-state index contributed by atoms with van der Waals surface area (Å²) in [6.07, 6.45) is 0. The minimum absolute atomic E-state index is 0.280. The predicted octanol–water partition coefficient (Wildman–Crippen LogP) is 2.45. The van der Waals surface area contributed by atoms with E-state index in [9.17, 15) is 8.42 Å². The second kappa shape index (κ2) is 8.82. The highest BCUT2D eigenvalue weighted by atomic mass is 32.2. The highest BCUT2D eigenvalue weighted by molar-refractivity contribution is 7.89. The van der Waals surface area contributed by atoms with E-state index in [4.69, 9.17) is 4.74 Å². The highest BCUT2D eigenvalue weighted by Crippen LogP contribution is 2.14. The van der Waals surface area contributed by atoms with E-state index in [0.29, 0.717) is 13.1 Å². The minimum atomic E-state index is -3.49. The molecule has 2 aromatic rings. The molecule has 140 valence electrons. The third-order valence-electron chi connectivity index (χ3n) is 4.06. The molecule has 26 heavy (non-hydrogen) atoms. The molecule has 2 N–H and O–H groups in total. The summed E-state index contributed by atoms with van der Waals surface area (Å²) in [5.41, 5.74) is 1.97. The highest BCUT2D eigenvalue weighted by Gasteiger charge is 2.14. The lowest BCUT2D eigenvalue weighted by atomic mass is 10.2. The van der Waals surface area contributed by atoms with Crippen molar-refractivity contribution in [3.05, 3.63) is 54.1 Å². The monoisotopic (exact) mass is 376 g/mol. The largest absolute Gasteiger partial charge is 0.497 e. The molecule has 7 heteroatoms. The van der Waals surface area contributed by atoms with Crippen LogP contribution in [0.2, 0.25) is 0 Å². The van der Waals surface area contributed by atoms with Crippen LogP contribution >= 0.6 is 0 Å². The number of nitrogens with one attached hydrogen (secondary N) is 2. The van der Waals surface area contributed by atoms with Crippen LogP contribution in [0.4, 0.5) is 5.69 Å². The molecule has 0 aliphatic carbocycles. The Balaban J connectivity index is 1.92. The zero-order valence-electron chi connectivity index (χ0n) is 15.6. The van der Waals surface area contributed by atoms with E-state index in [2.05, 4.69) is 10.0 Å². The zero-order valence-corrected chi connectivity index (χ0v) is 16.4. The molecule has 0 spiro atoms. The van der Waals surface area contributed by atoms with Gasteiger partial charge in [0.1, 0.15) is 11.4 Å². The van der Waals surface area contributed by atoms with E-state index in [-0.39, 0.29) is 4.90 Å². The molecular formula is C19H26N3O3S+. The van der Waals surface area contributed by atoms with E-state index in [1.54, 1.807) is 31.4 Å². The van der Waals surface area contributed by atoms with Gasteiger partial charge in [0.2, 0.25) is 15.9 Å². The topological polar surface area (TPSA) is 70.4 Å². The van der Waals surface area contributed by atoms with Crippen molar-refractivity contribution in [2.45, 2.75) is 18.7 Å². The SMILES string of the molecule is COc1ccc(NC(C)=[N+](C)CCNS(=O)(=O)c2ccc(C)cc2)cc1. The Morgan fingerprint density at radius 2 is 1.69 bits per heavy atom. The third kappa shape index (κ3) is 5.57. The summed E-state index contributed by atoms with van der Waals surface area (Å²) in [6, 6.07) is 14.4. The second-order valence-electron chi connectivity index (χ2n) is 6.07. The fourth-order valence-electron chi connectivity index (χ4n) is 2.29. The van der Waals surface area contributed by atoms with Crippen LogP contribution < -0.4 is 14.8 Å². The number of ether oxygens (including phenoxy) is 1. The zero-order chi connectivity index (χ0) is 19.2. The molecule has 0 unspecified atom stereocenters. The number of hydrogen-bond acceptors (Lipinski definition) is 3. The fraction of sp³-hybridized carbons (Fsp3) is 0.316. The number of likely N-dealkylation sites (N-methyl/N-ethyl adjacent to an activating group) is 1. The van der Waals surface area contributed by atoms with Crippen molar-refractivity contribution >= 4 is 21.5 Å². The van der Waals surface area contributed by atoms with Crippen molar-refractivity contribution in [2.24, 2.45) is 0 Å². The van der Waals surface area contributed by atoms with Gasteiger partial charge in [-0.25, -0.2) is 18.5 Å². The molecule has 2 aromatic carbocycles. The van der Waals surface area contributed by atoms with Crippen molar-refractivity contribution < 1.29 is 17.7 Å². The summed E-state index contributed by atoms with van der Waals surface area (Å²) in [5.74, 6) is 1.72. The van der Waals surface area contributed by atoms with Crippen LogP contribution in [-0.4, -0.2) is 46.1 Å². The maximum atomic E-state index is 12.3. The number of nitrogens with zero attached hydrogens (tertiary/aromatic N) is 1. The Bertz CT molecular complexity index is 858. The Morgan fingerprint density at radius 1 is 1.08 bits per heavy atom. The quantitative estimate of drug-likeness (QED) is 0.442. The molecule has 0 radical (unpaired) electrons. The van der Waals surface area contributed by atoms with Crippen LogP contribution in [0.1, 0.15) is 12.5 Å². The maximum Gasteiger partial charge on any atom is 0.246 e. The molecule has 2 rings (SSSR count). The van der Waals surface area contributed by atoms with Crippen molar-refractivity contribution in [1.82, 2.24) is 4.72 Å². The molecule has 0 bridgehead atoms. The Kier molecular flexibility index (Phi) is 6.76. The molecule has 0 aliphatic heterocycles. The first-order valence-corrected chi connectivity index (χ1v) is 9.82. The number of methoxy groups -OCH3 is 1. The number of sulfonamides is 1. The van der Waals surface area contributed by atoms with Gasteiger partial charge in [0.25, 0.3) is 0 Å². The van der Waals surface area contributed by atoms with Gasteiger partial charge in [-0.2, -0.15) is 0 Å². The van der Waals surface area contributed by atoms with Gasteiger partial charge in [-0.05, 0) is 43.3 Å². The molecule has 6 nitrogen and oxygen atoms in total. The van der Waals surface area contributed by atoms with Crippen LogP contribution in [0.25, 0.3) is 0 Å². The van der Waals surface area contributed by atoms with Gasteiger partial charge in [0.05, 0.1) is 25.6 Å². The fourth-order valence-corrected chi connectivity index (χ4v) is 3.32. The Morgan fingerprint density at radius 3 is 2.27 bits per heavy atom. The Hall–Kier alpha value is -2.38. The molecule has 0 amide bonds. The van der Waals surface area contributed by atoms with Gasteiger partial charge in [-0.15, -0.1) is 0 Å². The van der Waals surface area contributed by atoms with Gasteiger partial charge in [0.15, 0.2) is 0 Å². The van der Waals surface area contributed by atoms with Crippen LogP contribution in [0, 0.1) is 6.92 Å². The molecular weight excluding hydrogens is 350 g/mol. The Labute approximate surface area is 155 Å². The molecule has 0 aromatic heterocycles. The average Bonchev–Trinajstić information content (AvgIpc) is 2.62. The first-order valence-electron chi connectivity index (χ1n) is 8.34. The van der Waals surface area contributed by atoms with Crippen LogP contribution in [0.15, 0.2) is 53.4 Å². The summed E-state index contributed by atoms with van der Waals surface area (Å²) in [5, 5.41) is 3.29. The smallest absolute Gasteiger partial charge is 0.246 e. The van der Waals surface area contributed by atoms with E-state index < -0.39 is 10.0 Å². The van der Waals surface area contributed by atoms with Crippen molar-refractivity contribution in [3.63, 3.8) is 0 Å². The van der Waals surface area contributed by atoms with E-state index >= 15 is 0 Å². The lowest BCUT2D eigenvalue weighted by Crippen LogP contribution is -2.32. The average molecular weight is 377 g/mol. The normalized spacial score (nSPS) is 12.5. The first kappa shape index (κ1) is 19.9. The van der Waals surface area contributed by atoms with Gasteiger partial charge in [0, 0.05) is 13.5 Å². The van der Waals surface area contributed by atoms with Gasteiger partial charge in [-0.3, -0.25) is 4.58 Å². The summed E-state index contributed by atoms with van der Waals surface area (Å²) in [7, 11) is 0.0537. The summed E-state index contributed by atoms with van der Waals surface area (Å²) in [4.78, 5) is 0.280. The first-order chi connectivity index (χ1) is 12.3. The number of amidine groups is 1. The van der Waals surface area contributed by atoms with Crippen LogP contribution in [0.3, 0.4) is 0 Å². The van der Waals surface area contributed by atoms with E-state index in [1.165, 1.54) is 0 Å². The summed E-state index contributed by atoms with van der Waals surface area (Å²) < 4.78 is 34.3. The summed E-state index contributed by atoms with van der Waals surface area (Å²) >= 11 is 0. The molecule has 0 saturated carbocycles. The second-order valence-corrected chi connectivity index (χ2v) is 7.84. The number of rotatable bonds is 7. The van der Waals surface area contributed by atoms with Crippen LogP contribution in [0.5, 0.6) is 5.75 Å². The lowest BCUT2D eigenvalue weighted by molar-refractivity contribution is -0.495. The number of benzene rings is 2. The maximum absolute atomic E-state index is 12.3. The molecule has 0 atom stereocenters. The van der Waals surface area contributed by atoms with Crippen molar-refractivity contribution in [2.75, 3.05) is 32.6 Å². The predicted molar refractivity (Wildman–Crippen MR) is 105 cm³/mol. The third-order valence-corrected chi connectivity index (χ3v) is 5.54. The lowest BCUT2D eigenvalue weighted by Gasteiger charge is -2.09. The molecule has 0 saturated heterocycles. The van der Waals surface area contributed by atoms with Gasteiger partial charge < -0.3 is 4.74 Å². The van der Waals surface area contributed by atoms with Crippen LogP contribution in [-0.2, 0) is 10.0 Å². The molecule has 0 fully saturated rings. The number of hydrogen-bond donors (Lipinski definition) is 2. The molecule has 0 aliphatic rings. The van der Waals surface area contributed by atoms with Gasteiger partial charge >= 0.3 is 0 Å². The van der Waals surface area contributed by atoms with Gasteiger partial charge in [-0.1, -0.05) is 17.7 Å². The molecule has 0 heterocycles. The standard InChI is InChI=1S/C19H25N3O3S/c1-15-5-11-19(12-6-15)26(23,24)20-13-14-22(3)16(2)21-17-7-9-18(25-4)10-8-17/h5-12,20H,13-14H2,1-4H3/p+1.